The van der Waals surface area contributed by atoms with Gasteiger partial charge in [0.25, 0.3) is 0 Å². The Kier molecular flexibility index (Phi) is 5.66. The van der Waals surface area contributed by atoms with Gasteiger partial charge in [-0.1, -0.05) is 6.92 Å². The highest BCUT2D eigenvalue weighted by Crippen LogP contribution is 1.94. The molecule has 0 aromatic heterocycles. The molecule has 0 amide bonds. The molecule has 4 heteroatoms. The van der Waals surface area contributed by atoms with Gasteiger partial charge >= 0.3 is 5.97 Å². The first-order valence-corrected chi connectivity index (χ1v) is 4.14. The van der Waals surface area contributed by atoms with Crippen LogP contribution in [0.1, 0.15) is 19.8 Å². The first kappa shape index (κ1) is 11.4. The van der Waals surface area contributed by atoms with Gasteiger partial charge in [-0.05, 0) is 13.5 Å². The van der Waals surface area contributed by atoms with Gasteiger partial charge < -0.3 is 15.1 Å². The molecule has 0 radical (unpaired) electrons. The number of carboxylic acid groups (broad SMARTS) is 1. The quantitative estimate of drug-likeness (QED) is 0.604. The van der Waals surface area contributed by atoms with E-state index in [0.29, 0.717) is 19.5 Å². The van der Waals surface area contributed by atoms with Crippen LogP contribution >= 0.6 is 0 Å². The summed E-state index contributed by atoms with van der Waals surface area (Å²) < 4.78 is 0. The van der Waals surface area contributed by atoms with Crippen LogP contribution in [0.2, 0.25) is 0 Å². The topological polar surface area (TPSA) is 60.8 Å². The zero-order valence-corrected chi connectivity index (χ0v) is 7.66. The Labute approximate surface area is 72.8 Å². The van der Waals surface area contributed by atoms with E-state index >= 15 is 0 Å². The van der Waals surface area contributed by atoms with Gasteiger partial charge in [0.15, 0.2) is 0 Å². The van der Waals surface area contributed by atoms with Gasteiger partial charge in [-0.15, -0.1) is 0 Å². The van der Waals surface area contributed by atoms with Crippen molar-refractivity contribution in [3.05, 3.63) is 0 Å². The normalized spacial score (nSPS) is 13.3. The fraction of sp³-hybridized carbons (Fsp3) is 0.875. The molecule has 0 bridgehead atoms. The maximum absolute atomic E-state index is 10.2. The van der Waals surface area contributed by atoms with Gasteiger partial charge in [-0.3, -0.25) is 4.79 Å². The van der Waals surface area contributed by atoms with E-state index in [4.69, 9.17) is 5.11 Å². The molecule has 0 aliphatic carbocycles. The third-order valence-electron chi connectivity index (χ3n) is 1.70. The molecule has 4 nitrogen and oxygen atoms in total. The predicted octanol–water partition coefficient (Wildman–Crippen LogP) is 0.164. The van der Waals surface area contributed by atoms with Crippen molar-refractivity contribution in [2.45, 2.75) is 25.9 Å². The predicted molar refractivity (Wildman–Crippen MR) is 46.0 cm³/mol. The number of carboxylic acids is 1. The second-order valence-electron chi connectivity index (χ2n) is 2.97. The minimum atomic E-state index is -0.798. The summed E-state index contributed by atoms with van der Waals surface area (Å²) in [6.45, 7) is 2.94. The van der Waals surface area contributed by atoms with Crippen LogP contribution in [-0.2, 0) is 4.79 Å². The summed E-state index contributed by atoms with van der Waals surface area (Å²) in [7, 11) is 1.81. The first-order valence-electron chi connectivity index (χ1n) is 4.14. The summed E-state index contributed by atoms with van der Waals surface area (Å²) in [6, 6.07) is 0. The summed E-state index contributed by atoms with van der Waals surface area (Å²) in [5, 5.41) is 17.6. The molecule has 12 heavy (non-hydrogen) atoms. The van der Waals surface area contributed by atoms with Crippen molar-refractivity contribution in [1.82, 2.24) is 4.90 Å². The summed E-state index contributed by atoms with van der Waals surface area (Å²) in [5.41, 5.74) is 0. The first-order chi connectivity index (χ1) is 5.56. The van der Waals surface area contributed by atoms with Gasteiger partial charge in [0, 0.05) is 13.1 Å². The highest BCUT2D eigenvalue weighted by Gasteiger charge is 2.06. The molecule has 0 rings (SSSR count). The van der Waals surface area contributed by atoms with E-state index in [1.54, 1.807) is 0 Å². The van der Waals surface area contributed by atoms with Crippen molar-refractivity contribution in [2.24, 2.45) is 0 Å². The Bertz CT molecular complexity index is 138. The third-order valence-corrected chi connectivity index (χ3v) is 1.70. The highest BCUT2D eigenvalue weighted by molar-refractivity contribution is 5.66. The Hall–Kier alpha value is -0.610. The molecule has 2 N–H and O–H groups in total. The molecule has 0 aromatic rings. The SMILES string of the molecule is CCC(O)CN(C)CCC(=O)O. The molecule has 0 saturated carbocycles. The fourth-order valence-electron chi connectivity index (χ4n) is 0.867. The average molecular weight is 175 g/mol. The number of hydrogen-bond donors (Lipinski definition) is 2. The van der Waals surface area contributed by atoms with E-state index in [2.05, 4.69) is 0 Å². The molecule has 0 aliphatic heterocycles. The van der Waals surface area contributed by atoms with E-state index in [9.17, 15) is 9.90 Å². The van der Waals surface area contributed by atoms with E-state index in [0.717, 1.165) is 0 Å². The standard InChI is InChI=1S/C8H17NO3/c1-3-7(10)6-9(2)5-4-8(11)12/h7,10H,3-6H2,1-2H3,(H,11,12). The van der Waals surface area contributed by atoms with Crippen LogP contribution in [0.5, 0.6) is 0 Å². The maximum Gasteiger partial charge on any atom is 0.304 e. The molecule has 0 saturated heterocycles. The molecule has 0 heterocycles. The van der Waals surface area contributed by atoms with E-state index in [-0.39, 0.29) is 12.5 Å². The van der Waals surface area contributed by atoms with Crippen molar-refractivity contribution in [3.8, 4) is 0 Å². The van der Waals surface area contributed by atoms with Crippen LogP contribution < -0.4 is 0 Å². The summed E-state index contributed by atoms with van der Waals surface area (Å²) in [4.78, 5) is 12.0. The second kappa shape index (κ2) is 5.97. The van der Waals surface area contributed by atoms with Crippen molar-refractivity contribution < 1.29 is 15.0 Å². The van der Waals surface area contributed by atoms with Crippen molar-refractivity contribution in [3.63, 3.8) is 0 Å². The molecule has 0 aromatic carbocycles. The molecule has 0 fully saturated rings. The molecule has 0 spiro atoms. The van der Waals surface area contributed by atoms with E-state index in [1.807, 2.05) is 18.9 Å². The second-order valence-corrected chi connectivity index (χ2v) is 2.97. The minimum Gasteiger partial charge on any atom is -0.481 e. The Morgan fingerprint density at radius 2 is 2.17 bits per heavy atom. The van der Waals surface area contributed by atoms with Gasteiger partial charge in [-0.2, -0.15) is 0 Å². The molecule has 72 valence electrons. The van der Waals surface area contributed by atoms with Crippen molar-refractivity contribution in [2.75, 3.05) is 20.1 Å². The smallest absolute Gasteiger partial charge is 0.304 e. The van der Waals surface area contributed by atoms with Crippen molar-refractivity contribution in [1.29, 1.82) is 0 Å². The van der Waals surface area contributed by atoms with Crippen LogP contribution in [0.15, 0.2) is 0 Å². The number of likely N-dealkylation sites (N-methyl/N-ethyl adjacent to an activating group) is 1. The minimum absolute atomic E-state index is 0.132. The summed E-state index contributed by atoms with van der Waals surface area (Å²) in [6.07, 6.45) is 0.494. The number of nitrogens with zero attached hydrogens (tertiary/aromatic N) is 1. The van der Waals surface area contributed by atoms with Crippen LogP contribution in [-0.4, -0.2) is 47.3 Å². The van der Waals surface area contributed by atoms with Gasteiger partial charge in [-0.25, -0.2) is 0 Å². The monoisotopic (exact) mass is 175 g/mol. The number of carbonyl (C=O) groups is 1. The lowest BCUT2D eigenvalue weighted by atomic mass is 10.2. The lowest BCUT2D eigenvalue weighted by Gasteiger charge is -2.18. The summed E-state index contributed by atoms with van der Waals surface area (Å²) >= 11 is 0. The van der Waals surface area contributed by atoms with Crippen LogP contribution in [0.4, 0.5) is 0 Å². The third kappa shape index (κ3) is 6.12. The van der Waals surface area contributed by atoms with E-state index in [1.165, 1.54) is 0 Å². The zero-order chi connectivity index (χ0) is 9.56. The Morgan fingerprint density at radius 3 is 2.58 bits per heavy atom. The molecular formula is C8H17NO3. The molecule has 0 aliphatic rings. The molecular weight excluding hydrogens is 158 g/mol. The lowest BCUT2D eigenvalue weighted by Crippen LogP contribution is -2.30. The van der Waals surface area contributed by atoms with Crippen LogP contribution in [0.25, 0.3) is 0 Å². The fourth-order valence-corrected chi connectivity index (χ4v) is 0.867. The maximum atomic E-state index is 10.2. The number of hydrogen-bond acceptors (Lipinski definition) is 3. The largest absolute Gasteiger partial charge is 0.481 e. The Morgan fingerprint density at radius 1 is 1.58 bits per heavy atom. The number of aliphatic hydroxyl groups excluding tert-OH is 1. The molecule has 1 atom stereocenters. The van der Waals surface area contributed by atoms with Crippen LogP contribution in [0.3, 0.4) is 0 Å². The average Bonchev–Trinajstić information content (AvgIpc) is 2.00. The highest BCUT2D eigenvalue weighted by atomic mass is 16.4. The van der Waals surface area contributed by atoms with Gasteiger partial charge in [0.2, 0.25) is 0 Å². The molecule has 1 unspecified atom stereocenters. The number of rotatable bonds is 6. The van der Waals surface area contributed by atoms with Gasteiger partial charge in [0.05, 0.1) is 12.5 Å². The number of aliphatic carboxylic acids is 1. The zero-order valence-electron chi connectivity index (χ0n) is 7.66. The van der Waals surface area contributed by atoms with Crippen molar-refractivity contribution >= 4 is 5.97 Å². The van der Waals surface area contributed by atoms with E-state index < -0.39 is 5.97 Å². The lowest BCUT2D eigenvalue weighted by molar-refractivity contribution is -0.137. The Balaban J connectivity index is 3.45. The number of aliphatic hydroxyl groups is 1. The van der Waals surface area contributed by atoms with Gasteiger partial charge in [0.1, 0.15) is 0 Å². The summed E-state index contributed by atoms with van der Waals surface area (Å²) in [5.74, 6) is -0.798. The van der Waals surface area contributed by atoms with Crippen LogP contribution in [0, 0.1) is 0 Å².